The lowest BCUT2D eigenvalue weighted by atomic mass is 9.81. The number of aromatic nitrogens is 3. The van der Waals surface area contributed by atoms with E-state index < -0.39 is 12.4 Å². The standard InChI is InChI=1S/C5H2BF3N3S/c7-6(8,9)3-1-4-5(10-2-3)12-13-11-4/h1-2H/q-1. The van der Waals surface area contributed by atoms with Crippen molar-refractivity contribution in [1.29, 1.82) is 0 Å². The van der Waals surface area contributed by atoms with Crippen LogP contribution in [0.5, 0.6) is 0 Å². The second kappa shape index (κ2) is 2.66. The number of fused-ring (bicyclic) bond motifs is 1. The maximum Gasteiger partial charge on any atom is 0.511 e. The summed E-state index contributed by atoms with van der Waals surface area (Å²) < 4.78 is 44.0. The maximum absolute atomic E-state index is 12.2. The summed E-state index contributed by atoms with van der Waals surface area (Å²) in [4.78, 5) is 3.54. The summed E-state index contributed by atoms with van der Waals surface area (Å²) in [5, 5.41) is 0. The monoisotopic (exact) mass is 204 g/mol. The number of hydrogen-bond acceptors (Lipinski definition) is 4. The van der Waals surface area contributed by atoms with E-state index in [0.29, 0.717) is 0 Å². The van der Waals surface area contributed by atoms with E-state index in [0.717, 1.165) is 24.0 Å². The van der Waals surface area contributed by atoms with Crippen molar-refractivity contribution in [2.24, 2.45) is 0 Å². The summed E-state index contributed by atoms with van der Waals surface area (Å²) in [6, 6.07) is 0.964. The van der Waals surface area contributed by atoms with Gasteiger partial charge in [0.15, 0.2) is 5.65 Å². The molecule has 0 aliphatic carbocycles. The van der Waals surface area contributed by atoms with Crippen molar-refractivity contribution < 1.29 is 12.9 Å². The Morgan fingerprint density at radius 2 is 2.00 bits per heavy atom. The van der Waals surface area contributed by atoms with Gasteiger partial charge in [-0.2, -0.15) is 8.75 Å². The molecular weight excluding hydrogens is 202 g/mol. The Morgan fingerprint density at radius 1 is 1.23 bits per heavy atom. The molecule has 68 valence electrons. The number of rotatable bonds is 1. The summed E-state index contributed by atoms with van der Waals surface area (Å²) in [6.45, 7) is -4.99. The minimum atomic E-state index is -4.99. The van der Waals surface area contributed by atoms with Gasteiger partial charge in [-0.1, -0.05) is 11.5 Å². The van der Waals surface area contributed by atoms with Crippen LogP contribution < -0.4 is 5.46 Å². The molecule has 2 heterocycles. The van der Waals surface area contributed by atoms with Gasteiger partial charge in [-0.25, -0.2) is 4.98 Å². The average Bonchev–Trinajstić information content (AvgIpc) is 2.47. The third kappa shape index (κ3) is 1.49. The molecule has 2 aromatic rings. The van der Waals surface area contributed by atoms with E-state index in [9.17, 15) is 12.9 Å². The van der Waals surface area contributed by atoms with Crippen LogP contribution in [0.2, 0.25) is 0 Å². The van der Waals surface area contributed by atoms with Gasteiger partial charge in [0, 0.05) is 6.20 Å². The van der Waals surface area contributed by atoms with Crippen LogP contribution in [0.15, 0.2) is 12.3 Å². The molecule has 8 heteroatoms. The van der Waals surface area contributed by atoms with Crippen molar-refractivity contribution in [3.05, 3.63) is 12.3 Å². The lowest BCUT2D eigenvalue weighted by molar-refractivity contribution is 0.501. The van der Waals surface area contributed by atoms with Gasteiger partial charge in [0.25, 0.3) is 0 Å². The van der Waals surface area contributed by atoms with Crippen LogP contribution in [-0.4, -0.2) is 20.7 Å². The van der Waals surface area contributed by atoms with Gasteiger partial charge in [-0.15, -0.1) is 0 Å². The molecule has 0 unspecified atom stereocenters. The lowest BCUT2D eigenvalue weighted by Crippen LogP contribution is -2.34. The molecule has 0 aromatic carbocycles. The number of halogens is 3. The molecule has 0 aliphatic heterocycles. The summed E-state index contributed by atoms with van der Waals surface area (Å²) in [5.41, 5.74) is -0.282. The van der Waals surface area contributed by atoms with Crippen molar-refractivity contribution in [2.75, 3.05) is 0 Å². The highest BCUT2D eigenvalue weighted by atomic mass is 32.1. The van der Waals surface area contributed by atoms with Crippen molar-refractivity contribution in [3.8, 4) is 0 Å². The van der Waals surface area contributed by atoms with Crippen LogP contribution in [0.1, 0.15) is 0 Å². The van der Waals surface area contributed by atoms with Gasteiger partial charge in [0.1, 0.15) is 5.52 Å². The van der Waals surface area contributed by atoms with Gasteiger partial charge in [0.05, 0.1) is 11.7 Å². The SMILES string of the molecule is F[B-](F)(F)c1cnc2nsnc2c1. The number of nitrogens with zero attached hydrogens (tertiary/aromatic N) is 3. The summed E-state index contributed by atoms with van der Waals surface area (Å²) in [5.74, 6) is 0. The van der Waals surface area contributed by atoms with E-state index in [4.69, 9.17) is 0 Å². The fourth-order valence-corrected chi connectivity index (χ4v) is 1.36. The molecule has 2 rings (SSSR count). The van der Waals surface area contributed by atoms with Crippen LogP contribution in [0.3, 0.4) is 0 Å². The van der Waals surface area contributed by atoms with Gasteiger partial charge in [0.2, 0.25) is 0 Å². The molecule has 0 amide bonds. The Balaban J connectivity index is 2.61. The third-order valence-electron chi connectivity index (χ3n) is 1.51. The highest BCUT2D eigenvalue weighted by molar-refractivity contribution is 7.00. The van der Waals surface area contributed by atoms with Crippen molar-refractivity contribution >= 4 is 35.3 Å². The Hall–Kier alpha value is -1.18. The minimum absolute atomic E-state index is 0.196. The average molecular weight is 204 g/mol. The highest BCUT2D eigenvalue weighted by Gasteiger charge is 2.26. The molecule has 0 fully saturated rings. The number of pyridine rings is 1. The predicted octanol–water partition coefficient (Wildman–Crippen LogP) is 1.14. The maximum atomic E-state index is 12.2. The van der Waals surface area contributed by atoms with E-state index in [1.807, 2.05) is 0 Å². The van der Waals surface area contributed by atoms with Gasteiger partial charge >= 0.3 is 6.98 Å². The minimum Gasteiger partial charge on any atom is -0.445 e. The lowest BCUT2D eigenvalue weighted by Gasteiger charge is -2.12. The smallest absolute Gasteiger partial charge is 0.445 e. The molecular formula is C5H2BF3N3S-. The van der Waals surface area contributed by atoms with E-state index in [-0.39, 0.29) is 11.2 Å². The molecule has 0 N–H and O–H groups in total. The molecule has 3 nitrogen and oxygen atoms in total. The first-order valence-electron chi connectivity index (χ1n) is 3.35. The van der Waals surface area contributed by atoms with Crippen molar-refractivity contribution in [3.63, 3.8) is 0 Å². The highest BCUT2D eigenvalue weighted by Crippen LogP contribution is 2.12. The summed E-state index contributed by atoms with van der Waals surface area (Å²) >= 11 is 0.849. The number of hydrogen-bond donors (Lipinski definition) is 0. The van der Waals surface area contributed by atoms with Crippen LogP contribution in [-0.2, 0) is 0 Å². The van der Waals surface area contributed by atoms with Gasteiger partial charge in [-0.05, 0) is 0 Å². The van der Waals surface area contributed by atoms with E-state index in [1.165, 1.54) is 0 Å². The largest absolute Gasteiger partial charge is 0.511 e. The first kappa shape index (κ1) is 8.42. The fraction of sp³-hybridized carbons (Fsp3) is 0. The van der Waals surface area contributed by atoms with E-state index >= 15 is 0 Å². The van der Waals surface area contributed by atoms with Crippen LogP contribution >= 0.6 is 11.7 Å². The first-order valence-corrected chi connectivity index (χ1v) is 4.08. The van der Waals surface area contributed by atoms with Crippen molar-refractivity contribution in [1.82, 2.24) is 13.7 Å². The second-order valence-electron chi connectivity index (χ2n) is 2.45. The van der Waals surface area contributed by atoms with E-state index in [2.05, 4.69) is 13.7 Å². The zero-order chi connectivity index (χ0) is 9.47. The molecule has 0 saturated heterocycles. The quantitative estimate of drug-likeness (QED) is 0.653. The fourth-order valence-electron chi connectivity index (χ4n) is 0.881. The van der Waals surface area contributed by atoms with Crippen LogP contribution in [0.25, 0.3) is 11.2 Å². The van der Waals surface area contributed by atoms with Crippen LogP contribution in [0, 0.1) is 0 Å². The molecule has 0 radical (unpaired) electrons. The normalized spacial score (nSPS) is 12.2. The van der Waals surface area contributed by atoms with Crippen LogP contribution in [0.4, 0.5) is 12.9 Å². The zero-order valence-electron chi connectivity index (χ0n) is 6.12. The topological polar surface area (TPSA) is 38.7 Å². The molecule has 0 bridgehead atoms. The molecule has 0 spiro atoms. The summed E-state index contributed by atoms with van der Waals surface area (Å²) in [6.07, 6.45) is 0.781. The predicted molar refractivity (Wildman–Crippen MR) is 43.9 cm³/mol. The molecule has 0 saturated carbocycles. The van der Waals surface area contributed by atoms with Gasteiger partial charge < -0.3 is 12.9 Å². The Morgan fingerprint density at radius 3 is 2.69 bits per heavy atom. The van der Waals surface area contributed by atoms with Crippen molar-refractivity contribution in [2.45, 2.75) is 0 Å². The third-order valence-corrected chi connectivity index (χ3v) is 2.05. The second-order valence-corrected chi connectivity index (χ2v) is 2.98. The Kier molecular flexibility index (Phi) is 1.72. The molecule has 0 atom stereocenters. The molecule has 0 aliphatic rings. The summed E-state index contributed by atoms with van der Waals surface area (Å²) in [7, 11) is 0. The first-order chi connectivity index (χ1) is 6.07. The molecule has 13 heavy (non-hydrogen) atoms. The molecule has 2 aromatic heterocycles. The van der Waals surface area contributed by atoms with Gasteiger partial charge in [-0.3, -0.25) is 0 Å². The van der Waals surface area contributed by atoms with E-state index in [1.54, 1.807) is 0 Å². The Labute approximate surface area is 75.0 Å². The zero-order valence-corrected chi connectivity index (χ0v) is 6.93. The Bertz CT molecular complexity index is 440.